The van der Waals surface area contributed by atoms with Gasteiger partial charge in [-0.05, 0) is 71.8 Å². The summed E-state index contributed by atoms with van der Waals surface area (Å²) in [6.45, 7) is 1.83. The fraction of sp³-hybridized carbons (Fsp3) is 0.176. The number of carbonyl (C=O) groups is 3. The number of imide groups is 1. The number of halogens is 1. The summed E-state index contributed by atoms with van der Waals surface area (Å²) in [5.41, 5.74) is 1.57. The Kier molecular flexibility index (Phi) is 7.83. The van der Waals surface area contributed by atoms with Crippen LogP contribution < -0.4 is 24.6 Å². The van der Waals surface area contributed by atoms with Crippen molar-refractivity contribution in [1.82, 2.24) is 4.98 Å². The van der Waals surface area contributed by atoms with Crippen LogP contribution in [0, 0.1) is 11.7 Å². The first-order chi connectivity index (χ1) is 22.3. The molecule has 3 amide bonds. The van der Waals surface area contributed by atoms with E-state index in [0.717, 1.165) is 38.8 Å². The van der Waals surface area contributed by atoms with Gasteiger partial charge >= 0.3 is 4.87 Å². The Morgan fingerprint density at radius 1 is 0.913 bits per heavy atom. The van der Waals surface area contributed by atoms with Crippen LogP contribution in [-0.2, 0) is 14.4 Å². The molecule has 5 aromatic rings. The van der Waals surface area contributed by atoms with Gasteiger partial charge < -0.3 is 19.8 Å². The lowest BCUT2D eigenvalue weighted by Crippen LogP contribution is -2.32. The second kappa shape index (κ2) is 12.1. The number of nitrogens with one attached hydrogen (secondary N) is 2. The van der Waals surface area contributed by atoms with E-state index in [9.17, 15) is 23.6 Å². The predicted molar refractivity (Wildman–Crippen MR) is 174 cm³/mol. The van der Waals surface area contributed by atoms with Crippen molar-refractivity contribution < 1.29 is 28.2 Å². The molecule has 9 nitrogen and oxygen atoms in total. The summed E-state index contributed by atoms with van der Waals surface area (Å²) in [6, 6.07) is 23.8. The van der Waals surface area contributed by atoms with E-state index in [0.29, 0.717) is 39.3 Å². The second-order valence-electron chi connectivity index (χ2n) is 10.8. The third-order valence-corrected chi connectivity index (χ3v) is 10.3. The highest BCUT2D eigenvalue weighted by Crippen LogP contribution is 2.53. The fourth-order valence-corrected chi connectivity index (χ4v) is 8.45. The van der Waals surface area contributed by atoms with Gasteiger partial charge in [0.25, 0.3) is 5.91 Å². The normalized spacial score (nSPS) is 18.7. The zero-order valence-corrected chi connectivity index (χ0v) is 26.0. The molecule has 3 atom stereocenters. The number of thioether (sulfide) groups is 1. The molecule has 3 heterocycles. The number of nitrogens with zero attached hydrogens (tertiary/aromatic N) is 1. The molecule has 2 aliphatic rings. The number of H-pyrrole nitrogens is 1. The number of ether oxygens (including phenoxy) is 2. The number of aromatic nitrogens is 1. The minimum atomic E-state index is -0.824. The second-order valence-corrected chi connectivity index (χ2v) is 12.9. The van der Waals surface area contributed by atoms with Gasteiger partial charge in [0.1, 0.15) is 11.1 Å². The first-order valence-corrected chi connectivity index (χ1v) is 16.2. The van der Waals surface area contributed by atoms with Gasteiger partial charge in [-0.3, -0.25) is 19.2 Å². The first-order valence-electron chi connectivity index (χ1n) is 14.5. The molecule has 7 rings (SSSR count). The summed E-state index contributed by atoms with van der Waals surface area (Å²) < 4.78 is 25.4. The summed E-state index contributed by atoms with van der Waals surface area (Å²) in [7, 11) is 0. The molecule has 3 unspecified atom stereocenters. The molecule has 0 bridgehead atoms. The zero-order valence-electron chi connectivity index (χ0n) is 24.3. The summed E-state index contributed by atoms with van der Waals surface area (Å²) in [5.74, 6) is -2.50. The maximum absolute atomic E-state index is 13.9. The Morgan fingerprint density at radius 2 is 1.70 bits per heavy atom. The molecule has 12 heteroatoms. The summed E-state index contributed by atoms with van der Waals surface area (Å²) >= 11 is 2.15. The van der Waals surface area contributed by atoms with E-state index < -0.39 is 34.7 Å². The van der Waals surface area contributed by atoms with Gasteiger partial charge in [-0.25, -0.2) is 9.29 Å². The number of benzene rings is 4. The third kappa shape index (κ3) is 5.43. The number of carbonyl (C=O) groups excluding carboxylic acids is 3. The van der Waals surface area contributed by atoms with Crippen LogP contribution in [0.3, 0.4) is 0 Å². The lowest BCUT2D eigenvalue weighted by molar-refractivity contribution is -0.122. The Labute approximate surface area is 270 Å². The summed E-state index contributed by atoms with van der Waals surface area (Å²) in [4.78, 5) is 57.1. The molecule has 2 N–H and O–H groups in total. The maximum Gasteiger partial charge on any atom is 0.305 e. The molecule has 0 spiro atoms. The highest BCUT2D eigenvalue weighted by atomic mass is 32.2. The molecular formula is C34H26FN3O6S2. The van der Waals surface area contributed by atoms with E-state index in [4.69, 9.17) is 9.47 Å². The van der Waals surface area contributed by atoms with Gasteiger partial charge in [0, 0.05) is 16.5 Å². The highest BCUT2D eigenvalue weighted by Gasteiger charge is 2.56. The van der Waals surface area contributed by atoms with E-state index in [-0.39, 0.29) is 23.1 Å². The molecule has 4 aromatic carbocycles. The lowest BCUT2D eigenvalue weighted by atomic mass is 9.83. The average Bonchev–Trinajstić information content (AvgIpc) is 3.54. The quantitative estimate of drug-likeness (QED) is 0.199. The SMILES string of the molecule is CCOc1cc(C2c3sc(=O)[nH]c3SC3C(=O)N(c4ccc(F)cc4)C(=O)C32)ccc1OCC(=O)Nc1ccc2ccccc2c1. The third-order valence-electron chi connectivity index (χ3n) is 7.93. The number of hydrogen-bond donors (Lipinski definition) is 2. The van der Waals surface area contributed by atoms with Gasteiger partial charge in [-0.2, -0.15) is 0 Å². The minimum absolute atomic E-state index is 0.278. The first kappa shape index (κ1) is 29.8. The Bertz CT molecular complexity index is 2060. The Hall–Kier alpha value is -4.94. The van der Waals surface area contributed by atoms with Crippen LogP contribution in [0.4, 0.5) is 15.8 Å². The van der Waals surface area contributed by atoms with E-state index in [2.05, 4.69) is 10.3 Å². The molecule has 0 saturated carbocycles. The van der Waals surface area contributed by atoms with E-state index >= 15 is 0 Å². The van der Waals surface area contributed by atoms with Crippen LogP contribution in [0.15, 0.2) is 94.7 Å². The minimum Gasteiger partial charge on any atom is -0.490 e. The fourth-order valence-electron chi connectivity index (χ4n) is 5.93. The van der Waals surface area contributed by atoms with Gasteiger partial charge in [-0.15, -0.1) is 0 Å². The van der Waals surface area contributed by atoms with Crippen molar-refractivity contribution in [1.29, 1.82) is 0 Å². The van der Waals surface area contributed by atoms with Crippen LogP contribution in [-0.4, -0.2) is 41.2 Å². The molecular weight excluding hydrogens is 630 g/mol. The number of aromatic amines is 1. The molecule has 1 saturated heterocycles. The van der Waals surface area contributed by atoms with Crippen LogP contribution >= 0.6 is 23.1 Å². The van der Waals surface area contributed by atoms with Crippen LogP contribution in [0.25, 0.3) is 10.8 Å². The molecule has 1 aromatic heterocycles. The van der Waals surface area contributed by atoms with Crippen molar-refractivity contribution in [2.45, 2.75) is 23.1 Å². The highest BCUT2D eigenvalue weighted by molar-refractivity contribution is 8.00. The van der Waals surface area contributed by atoms with Gasteiger partial charge in [0.15, 0.2) is 18.1 Å². The number of fused-ring (bicyclic) bond motifs is 3. The van der Waals surface area contributed by atoms with Crippen LogP contribution in [0.1, 0.15) is 23.3 Å². The standard InChI is InChI=1S/C34H26FN3O6S2/c1-2-43-25-16-20(8-14-24(25)44-17-26(39)36-22-11-7-18-5-3-4-6-19(18)15-22)27-28-30(45-31-29(27)46-34(42)37-31)33(41)38(32(28)40)23-12-9-21(35)10-13-23/h3-16,27-28,30H,2,17H2,1H3,(H,36,39)(H,37,42). The number of rotatable bonds is 8. The maximum atomic E-state index is 13.9. The van der Waals surface area contributed by atoms with Crippen molar-refractivity contribution in [2.24, 2.45) is 5.92 Å². The van der Waals surface area contributed by atoms with Crippen molar-refractivity contribution in [3.05, 3.63) is 111 Å². The molecule has 232 valence electrons. The van der Waals surface area contributed by atoms with Gasteiger partial charge in [-0.1, -0.05) is 59.5 Å². The zero-order chi connectivity index (χ0) is 31.9. The van der Waals surface area contributed by atoms with Crippen molar-refractivity contribution in [3.63, 3.8) is 0 Å². The number of anilines is 2. The summed E-state index contributed by atoms with van der Waals surface area (Å²) in [5, 5.41) is 4.65. The molecule has 2 aliphatic heterocycles. The van der Waals surface area contributed by atoms with Crippen molar-refractivity contribution >= 4 is 63.0 Å². The number of hydrogen-bond acceptors (Lipinski definition) is 8. The van der Waals surface area contributed by atoms with E-state index in [1.807, 2.05) is 49.4 Å². The van der Waals surface area contributed by atoms with E-state index in [1.165, 1.54) is 24.3 Å². The summed E-state index contributed by atoms with van der Waals surface area (Å²) in [6.07, 6.45) is 0. The largest absolute Gasteiger partial charge is 0.490 e. The molecule has 1 fully saturated rings. The smallest absolute Gasteiger partial charge is 0.305 e. The molecule has 46 heavy (non-hydrogen) atoms. The predicted octanol–water partition coefficient (Wildman–Crippen LogP) is 5.94. The topological polar surface area (TPSA) is 118 Å². The molecule has 0 radical (unpaired) electrons. The number of amides is 3. The number of thiazole rings is 1. The van der Waals surface area contributed by atoms with Crippen LogP contribution in [0.5, 0.6) is 11.5 Å². The van der Waals surface area contributed by atoms with Gasteiger partial charge in [0.05, 0.1) is 23.2 Å². The van der Waals surface area contributed by atoms with E-state index in [1.54, 1.807) is 18.2 Å². The monoisotopic (exact) mass is 655 g/mol. The Balaban J connectivity index is 1.16. The van der Waals surface area contributed by atoms with Gasteiger partial charge in [0.2, 0.25) is 11.8 Å². The van der Waals surface area contributed by atoms with Crippen molar-refractivity contribution in [3.8, 4) is 11.5 Å². The lowest BCUT2D eigenvalue weighted by Gasteiger charge is -2.30. The average molecular weight is 656 g/mol. The Morgan fingerprint density at radius 3 is 2.48 bits per heavy atom. The van der Waals surface area contributed by atoms with Crippen LogP contribution in [0.2, 0.25) is 0 Å². The molecule has 0 aliphatic carbocycles. The van der Waals surface area contributed by atoms with Crippen molar-refractivity contribution in [2.75, 3.05) is 23.4 Å².